The number of nitrogens with zero attached hydrogens (tertiary/aromatic N) is 1. The Morgan fingerprint density at radius 2 is 1.68 bits per heavy atom. The molecule has 3 rings (SSSR count). The first kappa shape index (κ1) is 22.2. The third-order valence-electron chi connectivity index (χ3n) is 4.57. The summed E-state index contributed by atoms with van der Waals surface area (Å²) < 4.78 is 38.6. The normalized spacial score (nSPS) is 10.9. The zero-order chi connectivity index (χ0) is 22.4. The van der Waals surface area contributed by atoms with Crippen LogP contribution in [0.5, 0.6) is 11.5 Å². The maximum atomic E-state index is 13.5. The number of anilines is 2. The summed E-state index contributed by atoms with van der Waals surface area (Å²) in [5.41, 5.74) is 1.61. The predicted molar refractivity (Wildman–Crippen MR) is 120 cm³/mol. The topological polar surface area (TPSA) is 84.9 Å². The van der Waals surface area contributed by atoms with Crippen molar-refractivity contribution in [2.75, 3.05) is 30.4 Å². The van der Waals surface area contributed by atoms with Crippen LogP contribution < -0.4 is 19.1 Å². The molecule has 0 aliphatic rings. The van der Waals surface area contributed by atoms with Gasteiger partial charge in [0.2, 0.25) is 5.91 Å². The summed E-state index contributed by atoms with van der Waals surface area (Å²) in [6.45, 7) is 1.40. The third kappa shape index (κ3) is 5.16. The molecule has 0 aliphatic carbocycles. The summed E-state index contributed by atoms with van der Waals surface area (Å²) in [7, 11) is -1.05. The van der Waals surface area contributed by atoms with E-state index < -0.39 is 22.5 Å². The van der Waals surface area contributed by atoms with Crippen LogP contribution in [-0.4, -0.2) is 35.1 Å². The number of carbonyl (C=O) groups is 1. The van der Waals surface area contributed by atoms with Crippen molar-refractivity contribution < 1.29 is 22.7 Å². The van der Waals surface area contributed by atoms with Crippen LogP contribution in [-0.2, 0) is 14.8 Å². The predicted octanol–water partition coefficient (Wildman–Crippen LogP) is 3.85. The van der Waals surface area contributed by atoms with Gasteiger partial charge in [0, 0.05) is 11.8 Å². The molecule has 0 saturated heterocycles. The van der Waals surface area contributed by atoms with E-state index in [9.17, 15) is 13.2 Å². The second-order valence-corrected chi connectivity index (χ2v) is 8.64. The lowest BCUT2D eigenvalue weighted by molar-refractivity contribution is -0.114. The summed E-state index contributed by atoms with van der Waals surface area (Å²) in [4.78, 5) is 12.9. The summed E-state index contributed by atoms with van der Waals surface area (Å²) in [5.74, 6) is 0.419. The van der Waals surface area contributed by atoms with Crippen molar-refractivity contribution in [2.45, 2.75) is 11.8 Å². The van der Waals surface area contributed by atoms with Crippen molar-refractivity contribution in [3.63, 3.8) is 0 Å². The monoisotopic (exact) mass is 440 g/mol. The SMILES string of the molecule is COc1cccc(NC(=O)CN(c2cc(C)ccc2OC)S(=O)(=O)c2ccccc2)c1. The van der Waals surface area contributed by atoms with Gasteiger partial charge in [0.1, 0.15) is 18.0 Å². The smallest absolute Gasteiger partial charge is 0.264 e. The summed E-state index contributed by atoms with van der Waals surface area (Å²) >= 11 is 0. The summed E-state index contributed by atoms with van der Waals surface area (Å²) in [5, 5.41) is 2.73. The van der Waals surface area contributed by atoms with Gasteiger partial charge in [-0.05, 0) is 48.9 Å². The molecule has 1 amide bonds. The van der Waals surface area contributed by atoms with E-state index in [2.05, 4.69) is 5.32 Å². The molecule has 0 unspecified atom stereocenters. The Labute approximate surface area is 182 Å². The van der Waals surface area contributed by atoms with E-state index in [4.69, 9.17) is 9.47 Å². The molecular weight excluding hydrogens is 416 g/mol. The zero-order valence-electron chi connectivity index (χ0n) is 17.5. The molecule has 31 heavy (non-hydrogen) atoms. The first-order valence-electron chi connectivity index (χ1n) is 9.51. The van der Waals surface area contributed by atoms with Gasteiger partial charge in [-0.3, -0.25) is 9.10 Å². The third-order valence-corrected chi connectivity index (χ3v) is 6.35. The van der Waals surface area contributed by atoms with Crippen molar-refractivity contribution in [1.82, 2.24) is 0 Å². The van der Waals surface area contributed by atoms with E-state index in [1.165, 1.54) is 26.4 Å². The Morgan fingerprint density at radius 3 is 2.35 bits per heavy atom. The molecule has 3 aromatic rings. The molecule has 0 fully saturated rings. The minimum Gasteiger partial charge on any atom is -0.497 e. The number of nitrogens with one attached hydrogen (secondary N) is 1. The van der Waals surface area contributed by atoms with Crippen molar-refractivity contribution >= 4 is 27.3 Å². The maximum Gasteiger partial charge on any atom is 0.264 e. The number of hydrogen-bond donors (Lipinski definition) is 1. The molecule has 0 heterocycles. The van der Waals surface area contributed by atoms with E-state index in [0.717, 1.165) is 9.87 Å². The van der Waals surface area contributed by atoms with E-state index >= 15 is 0 Å². The highest BCUT2D eigenvalue weighted by molar-refractivity contribution is 7.92. The Morgan fingerprint density at radius 1 is 0.935 bits per heavy atom. The fraction of sp³-hybridized carbons (Fsp3) is 0.174. The molecule has 0 aromatic heterocycles. The highest BCUT2D eigenvalue weighted by atomic mass is 32.2. The molecule has 0 radical (unpaired) electrons. The van der Waals surface area contributed by atoms with E-state index in [0.29, 0.717) is 17.2 Å². The summed E-state index contributed by atoms with van der Waals surface area (Å²) in [6, 6.07) is 20.0. The number of ether oxygens (including phenoxy) is 2. The second kappa shape index (κ2) is 9.53. The van der Waals surface area contributed by atoms with E-state index in [1.807, 2.05) is 13.0 Å². The Kier molecular flexibility index (Phi) is 6.81. The number of methoxy groups -OCH3 is 2. The lowest BCUT2D eigenvalue weighted by Crippen LogP contribution is -2.38. The van der Waals surface area contributed by atoms with Gasteiger partial charge in [0.25, 0.3) is 10.0 Å². The first-order chi connectivity index (χ1) is 14.8. The fourth-order valence-electron chi connectivity index (χ4n) is 3.05. The molecule has 1 N–H and O–H groups in total. The van der Waals surface area contributed by atoms with Crippen LogP contribution in [0.15, 0.2) is 77.7 Å². The second-order valence-electron chi connectivity index (χ2n) is 6.78. The highest BCUT2D eigenvalue weighted by Gasteiger charge is 2.29. The Bertz CT molecular complexity index is 1160. The average Bonchev–Trinajstić information content (AvgIpc) is 2.78. The number of benzene rings is 3. The van der Waals surface area contributed by atoms with E-state index in [1.54, 1.807) is 54.6 Å². The van der Waals surface area contributed by atoms with E-state index in [-0.39, 0.29) is 10.6 Å². The lowest BCUT2D eigenvalue weighted by Gasteiger charge is -2.26. The molecule has 0 bridgehead atoms. The van der Waals surface area contributed by atoms with Gasteiger partial charge < -0.3 is 14.8 Å². The molecule has 0 aliphatic heterocycles. The van der Waals surface area contributed by atoms with Gasteiger partial charge in [0.15, 0.2) is 0 Å². The highest BCUT2D eigenvalue weighted by Crippen LogP contribution is 2.33. The number of rotatable bonds is 8. The van der Waals surface area contributed by atoms with Crippen LogP contribution in [0.3, 0.4) is 0 Å². The average molecular weight is 441 g/mol. The standard InChI is InChI=1S/C23H24N2O5S/c1-17-12-13-22(30-3)21(14-17)25(31(27,28)20-10-5-4-6-11-20)16-23(26)24-18-8-7-9-19(15-18)29-2/h4-15H,16H2,1-3H3,(H,24,26). The number of aryl methyl sites for hydroxylation is 1. The largest absolute Gasteiger partial charge is 0.497 e. The van der Waals surface area contributed by atoms with Crippen LogP contribution >= 0.6 is 0 Å². The van der Waals surface area contributed by atoms with Gasteiger partial charge in [-0.15, -0.1) is 0 Å². The maximum absolute atomic E-state index is 13.5. The molecule has 0 spiro atoms. The molecule has 7 nitrogen and oxygen atoms in total. The van der Waals surface area contributed by atoms with Crippen LogP contribution in [0.1, 0.15) is 5.56 Å². The number of carbonyl (C=O) groups excluding carboxylic acids is 1. The number of hydrogen-bond acceptors (Lipinski definition) is 5. The van der Waals surface area contributed by atoms with Crippen LogP contribution in [0, 0.1) is 6.92 Å². The van der Waals surface area contributed by atoms with Gasteiger partial charge in [-0.2, -0.15) is 0 Å². The van der Waals surface area contributed by atoms with Gasteiger partial charge in [0.05, 0.1) is 24.8 Å². The molecule has 3 aromatic carbocycles. The molecule has 0 atom stereocenters. The van der Waals surface area contributed by atoms with Gasteiger partial charge in [-0.1, -0.05) is 30.3 Å². The quantitative estimate of drug-likeness (QED) is 0.575. The van der Waals surface area contributed by atoms with Crippen molar-refractivity contribution in [3.05, 3.63) is 78.4 Å². The van der Waals surface area contributed by atoms with Gasteiger partial charge in [-0.25, -0.2) is 8.42 Å². The molecule has 8 heteroatoms. The number of sulfonamides is 1. The van der Waals surface area contributed by atoms with Crippen molar-refractivity contribution in [1.29, 1.82) is 0 Å². The van der Waals surface area contributed by atoms with Crippen LogP contribution in [0.2, 0.25) is 0 Å². The minimum atomic E-state index is -4.04. The lowest BCUT2D eigenvalue weighted by atomic mass is 10.2. The Balaban J connectivity index is 2.00. The summed E-state index contributed by atoms with van der Waals surface area (Å²) in [6.07, 6.45) is 0. The van der Waals surface area contributed by atoms with Crippen LogP contribution in [0.25, 0.3) is 0 Å². The molecule has 162 valence electrons. The first-order valence-corrected chi connectivity index (χ1v) is 11.0. The van der Waals surface area contributed by atoms with Crippen LogP contribution in [0.4, 0.5) is 11.4 Å². The van der Waals surface area contributed by atoms with Gasteiger partial charge >= 0.3 is 0 Å². The number of amides is 1. The minimum absolute atomic E-state index is 0.0766. The van der Waals surface area contributed by atoms with Crippen molar-refractivity contribution in [2.24, 2.45) is 0 Å². The Hall–Kier alpha value is -3.52. The molecule has 0 saturated carbocycles. The zero-order valence-corrected chi connectivity index (χ0v) is 18.3. The molecular formula is C23H24N2O5S. The fourth-order valence-corrected chi connectivity index (χ4v) is 4.49. The van der Waals surface area contributed by atoms with Crippen molar-refractivity contribution in [3.8, 4) is 11.5 Å².